The Morgan fingerprint density at radius 1 is 1.23 bits per heavy atom. The first kappa shape index (κ1) is 21.1. The molecule has 0 bridgehead atoms. The van der Waals surface area contributed by atoms with Crippen LogP contribution < -0.4 is 0 Å². The molecule has 8 heteroatoms. The summed E-state index contributed by atoms with van der Waals surface area (Å²) in [5.74, 6) is -2.42. The number of nitrogens with zero attached hydrogens (tertiary/aromatic N) is 1. The minimum Gasteiger partial charge on any atom is -0.503 e. The lowest BCUT2D eigenvalue weighted by atomic mass is 9.95. The van der Waals surface area contributed by atoms with E-state index in [2.05, 4.69) is 0 Å². The Kier molecular flexibility index (Phi) is 5.80. The number of halogens is 2. The normalized spacial score (nSPS) is 16.5. The van der Waals surface area contributed by atoms with Gasteiger partial charge in [-0.1, -0.05) is 23.7 Å². The molecule has 1 aliphatic heterocycles. The van der Waals surface area contributed by atoms with Crippen molar-refractivity contribution in [3.05, 3.63) is 82.0 Å². The summed E-state index contributed by atoms with van der Waals surface area (Å²) < 4.78 is 24.2. The van der Waals surface area contributed by atoms with Crippen molar-refractivity contribution in [1.29, 1.82) is 0 Å². The highest BCUT2D eigenvalue weighted by atomic mass is 35.5. The van der Waals surface area contributed by atoms with Crippen molar-refractivity contribution in [3.63, 3.8) is 0 Å². The standard InChI is InChI=1S/C23H19ClFNO5/c1-30-10-2-9-26-20(13-3-6-16(25)7-4-13)19(22(28)23(26)29)21(27)18-12-14-11-15(24)5-8-17(14)31-18/h3-8,11-12,20,28H,2,9-10H2,1H3. The fraction of sp³-hybridized carbons (Fsp3) is 0.217. The summed E-state index contributed by atoms with van der Waals surface area (Å²) in [6, 6.07) is 11.0. The summed E-state index contributed by atoms with van der Waals surface area (Å²) in [7, 11) is 1.54. The molecule has 0 radical (unpaired) electrons. The molecular weight excluding hydrogens is 425 g/mol. The smallest absolute Gasteiger partial charge is 0.290 e. The zero-order valence-electron chi connectivity index (χ0n) is 16.6. The Morgan fingerprint density at radius 3 is 2.68 bits per heavy atom. The van der Waals surface area contributed by atoms with Gasteiger partial charge in [-0.15, -0.1) is 0 Å². The molecule has 2 heterocycles. The highest BCUT2D eigenvalue weighted by Crippen LogP contribution is 2.39. The number of hydrogen-bond acceptors (Lipinski definition) is 5. The SMILES string of the molecule is COCCCN1C(=O)C(O)=C(C(=O)c2cc3cc(Cl)ccc3o2)C1c1ccc(F)cc1. The molecule has 0 fully saturated rings. The first-order chi connectivity index (χ1) is 14.9. The van der Waals surface area contributed by atoms with Crippen LogP contribution in [0.2, 0.25) is 5.02 Å². The maximum Gasteiger partial charge on any atom is 0.290 e. The predicted octanol–water partition coefficient (Wildman–Crippen LogP) is 4.84. The highest BCUT2D eigenvalue weighted by molar-refractivity contribution is 6.31. The maximum atomic E-state index is 13.5. The van der Waals surface area contributed by atoms with Crippen molar-refractivity contribution in [2.24, 2.45) is 0 Å². The number of carbonyl (C=O) groups excluding carboxylic acids is 2. The van der Waals surface area contributed by atoms with Gasteiger partial charge in [0.25, 0.3) is 5.91 Å². The second-order valence-corrected chi connectivity index (χ2v) is 7.62. The van der Waals surface area contributed by atoms with Crippen molar-refractivity contribution in [2.45, 2.75) is 12.5 Å². The van der Waals surface area contributed by atoms with E-state index in [1.807, 2.05) is 0 Å². The Bertz CT molecular complexity index is 1180. The van der Waals surface area contributed by atoms with Gasteiger partial charge in [0.15, 0.2) is 11.5 Å². The number of fused-ring (bicyclic) bond motifs is 1. The molecule has 0 saturated heterocycles. The average Bonchev–Trinajstić information content (AvgIpc) is 3.28. The van der Waals surface area contributed by atoms with Gasteiger partial charge in [-0.3, -0.25) is 9.59 Å². The van der Waals surface area contributed by atoms with E-state index < -0.39 is 29.3 Å². The number of rotatable bonds is 7. The van der Waals surface area contributed by atoms with E-state index in [1.54, 1.807) is 25.3 Å². The van der Waals surface area contributed by atoms with E-state index in [1.165, 1.54) is 35.2 Å². The number of methoxy groups -OCH3 is 1. The second-order valence-electron chi connectivity index (χ2n) is 7.18. The fourth-order valence-electron chi connectivity index (χ4n) is 3.75. The fourth-order valence-corrected chi connectivity index (χ4v) is 3.93. The first-order valence-electron chi connectivity index (χ1n) is 9.63. The van der Waals surface area contributed by atoms with Crippen molar-refractivity contribution in [2.75, 3.05) is 20.3 Å². The quantitative estimate of drug-likeness (QED) is 0.417. The number of aliphatic hydroxyl groups is 1. The van der Waals surface area contributed by atoms with Gasteiger partial charge in [0.2, 0.25) is 5.78 Å². The molecule has 31 heavy (non-hydrogen) atoms. The first-order valence-corrected chi connectivity index (χ1v) is 10.0. The number of amides is 1. The minimum atomic E-state index is -0.880. The van der Waals surface area contributed by atoms with Gasteiger partial charge in [0.05, 0.1) is 11.6 Å². The van der Waals surface area contributed by atoms with E-state index in [4.69, 9.17) is 20.8 Å². The number of benzene rings is 2. The van der Waals surface area contributed by atoms with Crippen LogP contribution in [0.4, 0.5) is 4.39 Å². The summed E-state index contributed by atoms with van der Waals surface area (Å²) in [6.07, 6.45) is 0.498. The maximum absolute atomic E-state index is 13.5. The molecule has 0 spiro atoms. The van der Waals surface area contributed by atoms with Crippen LogP contribution in [0.5, 0.6) is 0 Å². The molecule has 1 N–H and O–H groups in total. The van der Waals surface area contributed by atoms with Gasteiger partial charge in [0, 0.05) is 30.7 Å². The molecule has 0 aliphatic carbocycles. The number of Topliss-reactive ketones (excluding diaryl/α,β-unsaturated/α-hetero) is 1. The number of aliphatic hydroxyl groups excluding tert-OH is 1. The molecule has 1 aromatic heterocycles. The third-order valence-corrected chi connectivity index (χ3v) is 5.42. The molecular formula is C23H19ClFNO5. The van der Waals surface area contributed by atoms with Crippen LogP contribution >= 0.6 is 11.6 Å². The number of hydrogen-bond donors (Lipinski definition) is 1. The van der Waals surface area contributed by atoms with Crippen LogP contribution in [-0.2, 0) is 9.53 Å². The lowest BCUT2D eigenvalue weighted by molar-refractivity contribution is -0.129. The van der Waals surface area contributed by atoms with Crippen molar-refractivity contribution < 1.29 is 28.2 Å². The van der Waals surface area contributed by atoms with Crippen molar-refractivity contribution >= 4 is 34.3 Å². The van der Waals surface area contributed by atoms with Crippen LogP contribution in [0.1, 0.15) is 28.6 Å². The number of ketones is 1. The largest absolute Gasteiger partial charge is 0.503 e. The molecule has 160 valence electrons. The van der Waals surface area contributed by atoms with Crippen LogP contribution in [0, 0.1) is 5.82 Å². The van der Waals surface area contributed by atoms with Crippen LogP contribution in [-0.4, -0.2) is 42.0 Å². The zero-order chi connectivity index (χ0) is 22.1. The summed E-state index contributed by atoms with van der Waals surface area (Å²) in [5.41, 5.74) is 0.838. The molecule has 1 aliphatic rings. The predicted molar refractivity (Wildman–Crippen MR) is 113 cm³/mol. The molecule has 6 nitrogen and oxygen atoms in total. The van der Waals surface area contributed by atoms with E-state index in [-0.39, 0.29) is 17.9 Å². The molecule has 4 rings (SSSR count). The molecule has 1 atom stereocenters. The molecule has 2 aromatic carbocycles. The second kappa shape index (κ2) is 8.53. The van der Waals surface area contributed by atoms with Gasteiger partial charge in [-0.05, 0) is 48.4 Å². The minimum absolute atomic E-state index is 0.0301. The van der Waals surface area contributed by atoms with Gasteiger partial charge >= 0.3 is 0 Å². The Labute approximate surface area is 182 Å². The molecule has 1 unspecified atom stereocenters. The number of carbonyl (C=O) groups is 2. The number of furan rings is 1. The third-order valence-electron chi connectivity index (χ3n) is 5.18. The molecule has 3 aromatic rings. The summed E-state index contributed by atoms with van der Waals surface area (Å²) in [5, 5.41) is 11.7. The van der Waals surface area contributed by atoms with E-state index >= 15 is 0 Å². The van der Waals surface area contributed by atoms with Crippen LogP contribution in [0.3, 0.4) is 0 Å². The van der Waals surface area contributed by atoms with E-state index in [0.29, 0.717) is 34.6 Å². The average molecular weight is 444 g/mol. The summed E-state index contributed by atoms with van der Waals surface area (Å²) >= 11 is 6.00. The zero-order valence-corrected chi connectivity index (χ0v) is 17.4. The van der Waals surface area contributed by atoms with Gasteiger partial charge in [0.1, 0.15) is 11.4 Å². The van der Waals surface area contributed by atoms with Gasteiger partial charge in [-0.25, -0.2) is 4.39 Å². The van der Waals surface area contributed by atoms with Crippen molar-refractivity contribution in [3.8, 4) is 0 Å². The third kappa shape index (κ3) is 3.94. The lowest BCUT2D eigenvalue weighted by Crippen LogP contribution is -2.32. The lowest BCUT2D eigenvalue weighted by Gasteiger charge is -2.26. The monoisotopic (exact) mass is 443 g/mol. The Balaban J connectivity index is 1.76. The van der Waals surface area contributed by atoms with Crippen LogP contribution in [0.25, 0.3) is 11.0 Å². The number of ether oxygens (including phenoxy) is 1. The van der Waals surface area contributed by atoms with E-state index in [9.17, 15) is 19.1 Å². The van der Waals surface area contributed by atoms with Gasteiger partial charge in [-0.2, -0.15) is 0 Å². The molecule has 1 amide bonds. The Hall–Kier alpha value is -3.16. The Morgan fingerprint density at radius 2 is 1.97 bits per heavy atom. The van der Waals surface area contributed by atoms with Crippen molar-refractivity contribution in [1.82, 2.24) is 4.90 Å². The van der Waals surface area contributed by atoms with E-state index in [0.717, 1.165) is 0 Å². The molecule has 0 saturated carbocycles. The summed E-state index contributed by atoms with van der Waals surface area (Å²) in [6.45, 7) is 0.638. The topological polar surface area (TPSA) is 80.0 Å². The van der Waals surface area contributed by atoms with Crippen LogP contribution in [0.15, 0.2) is 64.3 Å². The summed E-state index contributed by atoms with van der Waals surface area (Å²) in [4.78, 5) is 27.6. The highest BCUT2D eigenvalue weighted by Gasteiger charge is 2.44. The van der Waals surface area contributed by atoms with Gasteiger partial charge < -0.3 is 19.2 Å².